The van der Waals surface area contributed by atoms with Crippen LogP contribution >= 0.6 is 0 Å². The molecule has 3 rings (SSSR count). The molecule has 1 aromatic heterocycles. The van der Waals surface area contributed by atoms with Gasteiger partial charge in [0.1, 0.15) is 0 Å². The lowest BCUT2D eigenvalue weighted by atomic mass is 10.0. The van der Waals surface area contributed by atoms with Gasteiger partial charge in [0, 0.05) is 11.9 Å². The van der Waals surface area contributed by atoms with Crippen LogP contribution in [0, 0.1) is 18.3 Å². The van der Waals surface area contributed by atoms with Crippen molar-refractivity contribution in [3.8, 4) is 0 Å². The van der Waals surface area contributed by atoms with E-state index >= 15 is 0 Å². The minimum absolute atomic E-state index is 0.173. The zero-order valence-electron chi connectivity index (χ0n) is 14.4. The second kappa shape index (κ2) is 5.97. The quantitative estimate of drug-likeness (QED) is 0.903. The van der Waals surface area contributed by atoms with Crippen molar-refractivity contribution in [1.29, 1.82) is 0 Å². The number of nitrogens with two attached hydrogens (primary N) is 1. The molecule has 1 heterocycles. The van der Waals surface area contributed by atoms with E-state index in [1.165, 1.54) is 11.1 Å². The first kappa shape index (κ1) is 17.1. The number of aromatic nitrogens is 1. The summed E-state index contributed by atoms with van der Waals surface area (Å²) in [4.78, 5) is 4.53. The van der Waals surface area contributed by atoms with Crippen LogP contribution in [0.1, 0.15) is 43.0 Å². The zero-order valence-corrected chi connectivity index (χ0v) is 15.2. The van der Waals surface area contributed by atoms with Crippen molar-refractivity contribution in [2.24, 2.45) is 16.5 Å². The summed E-state index contributed by atoms with van der Waals surface area (Å²) in [5.74, 6) is 1.06. The predicted molar refractivity (Wildman–Crippen MR) is 95.1 cm³/mol. The normalized spacial score (nSPS) is 22.3. The first-order valence-corrected chi connectivity index (χ1v) is 9.79. The molecule has 0 spiro atoms. The number of hydrogen-bond acceptors (Lipinski definition) is 3. The zero-order chi connectivity index (χ0) is 17.5. The SMILES string of the molecule is Cc1ncccc1CC[C@@H]1[C@@H](c2ccc(S(N)(=O)=O)cc2)C1(C)C. The third-order valence-electron chi connectivity index (χ3n) is 5.46. The van der Waals surface area contributed by atoms with Crippen molar-refractivity contribution in [1.82, 2.24) is 4.98 Å². The molecule has 0 radical (unpaired) electrons. The lowest BCUT2D eigenvalue weighted by molar-refractivity contribution is 0.529. The Kier molecular flexibility index (Phi) is 4.26. The Morgan fingerprint density at radius 1 is 1.17 bits per heavy atom. The van der Waals surface area contributed by atoms with Gasteiger partial charge in [-0.3, -0.25) is 4.98 Å². The first-order valence-electron chi connectivity index (χ1n) is 8.24. The second-order valence-electron chi connectivity index (χ2n) is 7.31. The Balaban J connectivity index is 1.72. The van der Waals surface area contributed by atoms with Crippen molar-refractivity contribution < 1.29 is 8.42 Å². The van der Waals surface area contributed by atoms with Crippen LogP contribution in [0.4, 0.5) is 0 Å². The van der Waals surface area contributed by atoms with Crippen LogP contribution in [0.3, 0.4) is 0 Å². The van der Waals surface area contributed by atoms with Gasteiger partial charge in [-0.15, -0.1) is 0 Å². The molecule has 2 N–H and O–H groups in total. The summed E-state index contributed by atoms with van der Waals surface area (Å²) in [6.07, 6.45) is 3.97. The molecule has 0 bridgehead atoms. The maximum atomic E-state index is 11.4. The highest BCUT2D eigenvalue weighted by Gasteiger charge is 2.57. The van der Waals surface area contributed by atoms with Crippen LogP contribution in [-0.4, -0.2) is 13.4 Å². The number of pyridine rings is 1. The van der Waals surface area contributed by atoms with E-state index < -0.39 is 10.0 Å². The summed E-state index contributed by atoms with van der Waals surface area (Å²) in [7, 11) is -3.63. The van der Waals surface area contributed by atoms with Crippen LogP contribution < -0.4 is 5.14 Å². The van der Waals surface area contributed by atoms with Crippen molar-refractivity contribution in [3.63, 3.8) is 0 Å². The van der Waals surface area contributed by atoms with Crippen LogP contribution in [0.15, 0.2) is 47.5 Å². The van der Waals surface area contributed by atoms with E-state index in [-0.39, 0.29) is 10.3 Å². The van der Waals surface area contributed by atoms with E-state index in [9.17, 15) is 8.42 Å². The molecule has 1 fully saturated rings. The van der Waals surface area contributed by atoms with Crippen molar-refractivity contribution >= 4 is 10.0 Å². The number of sulfonamides is 1. The summed E-state index contributed by atoms with van der Waals surface area (Å²) < 4.78 is 22.8. The van der Waals surface area contributed by atoms with Gasteiger partial charge in [-0.2, -0.15) is 0 Å². The van der Waals surface area contributed by atoms with Gasteiger partial charge >= 0.3 is 0 Å². The van der Waals surface area contributed by atoms with Crippen LogP contribution in [0.5, 0.6) is 0 Å². The maximum absolute atomic E-state index is 11.4. The lowest BCUT2D eigenvalue weighted by Crippen LogP contribution is -2.11. The smallest absolute Gasteiger partial charge is 0.238 e. The van der Waals surface area contributed by atoms with E-state index in [1.54, 1.807) is 12.1 Å². The maximum Gasteiger partial charge on any atom is 0.238 e. The fourth-order valence-electron chi connectivity index (χ4n) is 3.90. The van der Waals surface area contributed by atoms with Gasteiger partial charge in [0.15, 0.2) is 0 Å². The van der Waals surface area contributed by atoms with Gasteiger partial charge in [0.25, 0.3) is 0 Å². The van der Waals surface area contributed by atoms with E-state index in [0.29, 0.717) is 11.8 Å². The molecular formula is C19H24N2O2S. The van der Waals surface area contributed by atoms with Crippen molar-refractivity contribution in [3.05, 3.63) is 59.4 Å². The van der Waals surface area contributed by atoms with E-state index in [4.69, 9.17) is 5.14 Å². The lowest BCUT2D eigenvalue weighted by Gasteiger charge is -2.05. The van der Waals surface area contributed by atoms with Crippen molar-refractivity contribution in [2.75, 3.05) is 0 Å². The Morgan fingerprint density at radius 3 is 2.42 bits per heavy atom. The number of rotatable bonds is 5. The topological polar surface area (TPSA) is 73.0 Å². The van der Waals surface area contributed by atoms with Gasteiger partial charge in [-0.1, -0.05) is 32.0 Å². The Morgan fingerprint density at radius 2 is 1.83 bits per heavy atom. The summed E-state index contributed by atoms with van der Waals surface area (Å²) in [6.45, 7) is 6.62. The summed E-state index contributed by atoms with van der Waals surface area (Å²) in [5.41, 5.74) is 3.84. The molecule has 1 aromatic carbocycles. The molecule has 0 aliphatic heterocycles. The van der Waals surface area contributed by atoms with E-state index in [1.807, 2.05) is 24.4 Å². The predicted octanol–water partition coefficient (Wildman–Crippen LogP) is 3.41. The minimum Gasteiger partial charge on any atom is -0.261 e. The number of nitrogens with zero attached hydrogens (tertiary/aromatic N) is 1. The standard InChI is InChI=1S/C19H24N2O2S/c1-13-14(5-4-12-21-13)8-11-17-18(19(17,2)3)15-6-9-16(10-7-15)24(20,22)23/h4-7,9-10,12,17-18H,8,11H2,1-3H3,(H2,20,22,23)/t17-,18-/m1/s1. The first-order chi connectivity index (χ1) is 11.2. The summed E-state index contributed by atoms with van der Waals surface area (Å²) >= 11 is 0. The van der Waals surface area contributed by atoms with Crippen LogP contribution in [0.2, 0.25) is 0 Å². The molecular weight excluding hydrogens is 320 g/mol. The highest BCUT2D eigenvalue weighted by Crippen LogP contribution is 2.66. The highest BCUT2D eigenvalue weighted by molar-refractivity contribution is 7.89. The third-order valence-corrected chi connectivity index (χ3v) is 6.39. The average Bonchev–Trinajstić information content (AvgIpc) is 3.07. The Labute approximate surface area is 144 Å². The van der Waals surface area contributed by atoms with Crippen LogP contribution in [0.25, 0.3) is 0 Å². The molecule has 1 aliphatic carbocycles. The van der Waals surface area contributed by atoms with Gasteiger partial charge in [-0.05, 0) is 66.3 Å². The largest absolute Gasteiger partial charge is 0.261 e. The molecule has 2 aromatic rings. The fraction of sp³-hybridized carbons (Fsp3) is 0.421. The number of hydrogen-bond donors (Lipinski definition) is 1. The molecule has 0 saturated heterocycles. The summed E-state index contributed by atoms with van der Waals surface area (Å²) in [6, 6.07) is 11.2. The fourth-order valence-corrected chi connectivity index (χ4v) is 4.42. The second-order valence-corrected chi connectivity index (χ2v) is 8.87. The Bertz CT molecular complexity index is 842. The molecule has 128 valence electrons. The van der Waals surface area contributed by atoms with Gasteiger partial charge in [0.05, 0.1) is 4.90 Å². The summed E-state index contributed by atoms with van der Waals surface area (Å²) in [5, 5.41) is 5.17. The monoisotopic (exact) mass is 344 g/mol. The molecule has 24 heavy (non-hydrogen) atoms. The molecule has 5 heteroatoms. The molecule has 0 amide bonds. The third kappa shape index (κ3) is 3.23. The number of primary sulfonamides is 1. The highest BCUT2D eigenvalue weighted by atomic mass is 32.2. The minimum atomic E-state index is -3.63. The molecule has 2 atom stereocenters. The number of benzene rings is 1. The van der Waals surface area contributed by atoms with Gasteiger partial charge in [0.2, 0.25) is 10.0 Å². The average molecular weight is 344 g/mol. The van der Waals surface area contributed by atoms with Gasteiger partial charge in [-0.25, -0.2) is 13.6 Å². The molecule has 1 aliphatic rings. The molecule has 4 nitrogen and oxygen atoms in total. The van der Waals surface area contributed by atoms with Crippen LogP contribution in [-0.2, 0) is 16.4 Å². The van der Waals surface area contributed by atoms with Crippen molar-refractivity contribution in [2.45, 2.75) is 44.4 Å². The Hall–Kier alpha value is -1.72. The number of aryl methyl sites for hydroxylation is 2. The molecule has 1 saturated carbocycles. The molecule has 0 unspecified atom stereocenters. The van der Waals surface area contributed by atoms with E-state index in [2.05, 4.69) is 31.8 Å². The van der Waals surface area contributed by atoms with E-state index in [0.717, 1.165) is 18.5 Å². The van der Waals surface area contributed by atoms with Gasteiger partial charge < -0.3 is 0 Å².